The maximum absolute atomic E-state index is 12.4. The Morgan fingerprint density at radius 2 is 0.821 bits per heavy atom. The Kier molecular flexibility index (Phi) is 18.1. The van der Waals surface area contributed by atoms with Crippen molar-refractivity contribution in [2.45, 2.75) is 118 Å². The van der Waals surface area contributed by atoms with Crippen LogP contribution in [0.1, 0.15) is 118 Å². The summed E-state index contributed by atoms with van der Waals surface area (Å²) in [6.45, 7) is 9.03. The largest absolute Gasteiger partial charge is 0.462 e. The molecule has 0 atom stereocenters. The van der Waals surface area contributed by atoms with Gasteiger partial charge in [-0.2, -0.15) is 0 Å². The number of unbranched alkanes of at least 4 members (excludes halogenated alkanes) is 10. The first-order chi connectivity index (χ1) is 13.6. The van der Waals surface area contributed by atoms with E-state index in [1.807, 2.05) is 13.8 Å². The van der Waals surface area contributed by atoms with Gasteiger partial charge >= 0.3 is 11.9 Å². The van der Waals surface area contributed by atoms with Crippen LogP contribution in [0.25, 0.3) is 0 Å². The first-order valence-corrected chi connectivity index (χ1v) is 11.7. The standard InChI is InChI=1S/C24H44O4/c1-5-9-11-13-15-17-19-27-23(25)21(7-3)22(8-4)24(26)28-20-18-16-14-12-10-6-2/h5-20H2,1-4H3. The lowest BCUT2D eigenvalue weighted by atomic mass is 10.0. The maximum atomic E-state index is 12.4. The summed E-state index contributed by atoms with van der Waals surface area (Å²) in [6.07, 6.45) is 14.8. The topological polar surface area (TPSA) is 52.6 Å². The van der Waals surface area contributed by atoms with E-state index in [4.69, 9.17) is 9.47 Å². The summed E-state index contributed by atoms with van der Waals surface area (Å²) in [5, 5.41) is 0. The molecule has 0 aromatic rings. The van der Waals surface area contributed by atoms with Crippen molar-refractivity contribution in [3.8, 4) is 0 Å². The molecule has 0 aliphatic heterocycles. The van der Waals surface area contributed by atoms with Crippen LogP contribution in [0.5, 0.6) is 0 Å². The van der Waals surface area contributed by atoms with Gasteiger partial charge in [0.05, 0.1) is 13.2 Å². The minimum Gasteiger partial charge on any atom is -0.462 e. The van der Waals surface area contributed by atoms with E-state index >= 15 is 0 Å². The average Bonchev–Trinajstić information content (AvgIpc) is 2.70. The number of hydrogen-bond donors (Lipinski definition) is 0. The fourth-order valence-electron chi connectivity index (χ4n) is 3.23. The third-order valence-corrected chi connectivity index (χ3v) is 5.03. The second-order valence-electron chi connectivity index (χ2n) is 7.47. The van der Waals surface area contributed by atoms with Gasteiger partial charge in [0.15, 0.2) is 0 Å². The van der Waals surface area contributed by atoms with Gasteiger partial charge in [0.1, 0.15) is 0 Å². The fourth-order valence-corrected chi connectivity index (χ4v) is 3.23. The normalized spacial score (nSPS) is 11.9. The molecule has 0 fully saturated rings. The van der Waals surface area contributed by atoms with Crippen molar-refractivity contribution in [1.82, 2.24) is 0 Å². The predicted octanol–water partition coefficient (Wildman–Crippen LogP) is 6.91. The molecule has 0 N–H and O–H groups in total. The van der Waals surface area contributed by atoms with Crippen molar-refractivity contribution >= 4 is 11.9 Å². The summed E-state index contributed by atoms with van der Waals surface area (Å²) in [7, 11) is 0. The molecule has 0 aromatic carbocycles. The zero-order chi connectivity index (χ0) is 21.0. The zero-order valence-electron chi connectivity index (χ0n) is 18.9. The van der Waals surface area contributed by atoms with Crippen LogP contribution in [0.4, 0.5) is 0 Å². The molecular formula is C24H44O4. The molecule has 0 spiro atoms. The molecule has 164 valence electrons. The van der Waals surface area contributed by atoms with Crippen molar-refractivity contribution in [3.63, 3.8) is 0 Å². The maximum Gasteiger partial charge on any atom is 0.334 e. The molecule has 0 saturated carbocycles. The van der Waals surface area contributed by atoms with Gasteiger partial charge in [-0.05, 0) is 25.7 Å². The molecule has 0 bridgehead atoms. The van der Waals surface area contributed by atoms with Gasteiger partial charge < -0.3 is 9.47 Å². The van der Waals surface area contributed by atoms with Gasteiger partial charge in [-0.25, -0.2) is 9.59 Å². The third kappa shape index (κ3) is 13.0. The number of esters is 2. The van der Waals surface area contributed by atoms with Crippen LogP contribution in [0, 0.1) is 0 Å². The molecule has 0 aromatic heterocycles. The second kappa shape index (κ2) is 19.0. The van der Waals surface area contributed by atoms with E-state index in [0.29, 0.717) is 37.2 Å². The van der Waals surface area contributed by atoms with Crippen molar-refractivity contribution < 1.29 is 19.1 Å². The summed E-state index contributed by atoms with van der Waals surface area (Å²) in [4.78, 5) is 24.8. The summed E-state index contributed by atoms with van der Waals surface area (Å²) >= 11 is 0. The van der Waals surface area contributed by atoms with E-state index in [0.717, 1.165) is 25.7 Å². The summed E-state index contributed by atoms with van der Waals surface area (Å²) in [5.74, 6) is -0.714. The highest BCUT2D eigenvalue weighted by Crippen LogP contribution is 2.17. The Morgan fingerprint density at radius 3 is 1.14 bits per heavy atom. The van der Waals surface area contributed by atoms with Crippen LogP contribution in [-0.2, 0) is 19.1 Å². The van der Waals surface area contributed by atoms with Crippen LogP contribution >= 0.6 is 0 Å². The Bertz CT molecular complexity index is 400. The summed E-state index contributed by atoms with van der Waals surface area (Å²) in [6, 6.07) is 0. The molecule has 0 rings (SSSR count). The van der Waals surface area contributed by atoms with Gasteiger partial charge in [0.2, 0.25) is 0 Å². The average molecular weight is 397 g/mol. The van der Waals surface area contributed by atoms with Gasteiger partial charge in [0.25, 0.3) is 0 Å². The Morgan fingerprint density at radius 1 is 0.500 bits per heavy atom. The van der Waals surface area contributed by atoms with E-state index in [1.54, 1.807) is 0 Å². The number of carbonyl (C=O) groups excluding carboxylic acids is 2. The number of rotatable bonds is 18. The first-order valence-electron chi connectivity index (χ1n) is 11.7. The van der Waals surface area contributed by atoms with Crippen molar-refractivity contribution in [2.75, 3.05) is 13.2 Å². The van der Waals surface area contributed by atoms with Crippen LogP contribution in [0.2, 0.25) is 0 Å². The summed E-state index contributed by atoms with van der Waals surface area (Å²) in [5.41, 5.74) is 0.947. The number of carbonyl (C=O) groups is 2. The molecule has 4 heteroatoms. The highest BCUT2D eigenvalue weighted by Gasteiger charge is 2.20. The van der Waals surface area contributed by atoms with Crippen LogP contribution in [0.3, 0.4) is 0 Å². The highest BCUT2D eigenvalue weighted by molar-refractivity contribution is 6.00. The minimum atomic E-state index is -0.357. The summed E-state index contributed by atoms with van der Waals surface area (Å²) < 4.78 is 10.8. The van der Waals surface area contributed by atoms with E-state index in [2.05, 4.69) is 13.8 Å². The van der Waals surface area contributed by atoms with E-state index in [9.17, 15) is 9.59 Å². The lowest BCUT2D eigenvalue weighted by Gasteiger charge is -2.12. The van der Waals surface area contributed by atoms with Gasteiger partial charge in [-0.15, -0.1) is 0 Å². The zero-order valence-corrected chi connectivity index (χ0v) is 18.9. The molecule has 28 heavy (non-hydrogen) atoms. The first kappa shape index (κ1) is 26.7. The lowest BCUT2D eigenvalue weighted by Crippen LogP contribution is -2.17. The number of ether oxygens (including phenoxy) is 2. The third-order valence-electron chi connectivity index (χ3n) is 5.03. The Balaban J connectivity index is 4.32. The van der Waals surface area contributed by atoms with Crippen LogP contribution in [0.15, 0.2) is 11.1 Å². The Labute approximate surface area is 173 Å². The monoisotopic (exact) mass is 396 g/mol. The van der Waals surface area contributed by atoms with Crippen molar-refractivity contribution in [2.24, 2.45) is 0 Å². The molecule has 0 amide bonds. The highest BCUT2D eigenvalue weighted by atomic mass is 16.5. The fraction of sp³-hybridized carbons (Fsp3) is 0.833. The predicted molar refractivity (Wildman–Crippen MR) is 116 cm³/mol. The Hall–Kier alpha value is -1.32. The minimum absolute atomic E-state index is 0.357. The van der Waals surface area contributed by atoms with Gasteiger partial charge in [0, 0.05) is 11.1 Å². The van der Waals surface area contributed by atoms with Gasteiger partial charge in [-0.1, -0.05) is 91.9 Å². The van der Waals surface area contributed by atoms with Crippen LogP contribution < -0.4 is 0 Å². The van der Waals surface area contributed by atoms with E-state index in [-0.39, 0.29) is 11.9 Å². The molecule has 0 aliphatic rings. The molecule has 4 nitrogen and oxygen atoms in total. The van der Waals surface area contributed by atoms with Crippen molar-refractivity contribution in [1.29, 1.82) is 0 Å². The molecule has 0 aliphatic carbocycles. The molecule has 0 heterocycles. The lowest BCUT2D eigenvalue weighted by molar-refractivity contribution is -0.142. The molecule has 0 saturated heterocycles. The van der Waals surface area contributed by atoms with Gasteiger partial charge in [-0.3, -0.25) is 0 Å². The number of hydrogen-bond acceptors (Lipinski definition) is 4. The van der Waals surface area contributed by atoms with E-state index < -0.39 is 0 Å². The quantitative estimate of drug-likeness (QED) is 0.143. The molecule has 0 unspecified atom stereocenters. The SMILES string of the molecule is CCCCCCCCOC(=O)C(CC)=C(CC)C(=O)OCCCCCCCC. The van der Waals surface area contributed by atoms with E-state index in [1.165, 1.54) is 51.4 Å². The molecule has 0 radical (unpaired) electrons. The van der Waals surface area contributed by atoms with Crippen LogP contribution in [-0.4, -0.2) is 25.2 Å². The second-order valence-corrected chi connectivity index (χ2v) is 7.47. The smallest absolute Gasteiger partial charge is 0.334 e. The molecular weight excluding hydrogens is 352 g/mol. The van der Waals surface area contributed by atoms with Crippen molar-refractivity contribution in [3.05, 3.63) is 11.1 Å².